The van der Waals surface area contributed by atoms with Gasteiger partial charge in [0.15, 0.2) is 9.84 Å². The second kappa shape index (κ2) is 9.87. The number of amides is 3. The molecule has 3 aromatic rings. The van der Waals surface area contributed by atoms with Crippen LogP contribution < -0.4 is 10.6 Å². The highest BCUT2D eigenvalue weighted by atomic mass is 35.5. The molecule has 0 saturated carbocycles. The number of nitrogens with one attached hydrogen (secondary N) is 2. The maximum absolute atomic E-state index is 12.9. The number of anilines is 2. The maximum Gasteiger partial charge on any atom is 0.322 e. The van der Waals surface area contributed by atoms with Crippen LogP contribution in [0, 0.1) is 0 Å². The zero-order chi connectivity index (χ0) is 24.3. The van der Waals surface area contributed by atoms with Gasteiger partial charge < -0.3 is 15.5 Å². The third-order valence-electron chi connectivity index (χ3n) is 5.66. The number of sulfone groups is 1. The smallest absolute Gasteiger partial charge is 0.322 e. The van der Waals surface area contributed by atoms with E-state index in [1.54, 1.807) is 72.8 Å². The van der Waals surface area contributed by atoms with Gasteiger partial charge in [0.2, 0.25) is 5.91 Å². The van der Waals surface area contributed by atoms with Gasteiger partial charge in [-0.2, -0.15) is 0 Å². The van der Waals surface area contributed by atoms with Crippen molar-refractivity contribution in [3.63, 3.8) is 0 Å². The van der Waals surface area contributed by atoms with Gasteiger partial charge in [-0.05, 0) is 60.9 Å². The van der Waals surface area contributed by atoms with E-state index in [2.05, 4.69) is 10.6 Å². The summed E-state index contributed by atoms with van der Waals surface area (Å²) in [5.41, 5.74) is 2.49. The molecule has 176 valence electrons. The molecule has 0 aliphatic carbocycles. The molecular formula is C25H24ClN3O4S. The number of hydrogen-bond donors (Lipinski definition) is 2. The highest BCUT2D eigenvalue weighted by Gasteiger charge is 2.34. The first-order valence-corrected chi connectivity index (χ1v) is 13.0. The van der Waals surface area contributed by atoms with Gasteiger partial charge in [-0.1, -0.05) is 41.9 Å². The summed E-state index contributed by atoms with van der Waals surface area (Å²) in [6.45, 7) is 0.485. The summed E-state index contributed by atoms with van der Waals surface area (Å²) in [6.07, 6.45) is 2.48. The Morgan fingerprint density at radius 2 is 1.53 bits per heavy atom. The third kappa shape index (κ3) is 5.40. The van der Waals surface area contributed by atoms with Gasteiger partial charge in [-0.15, -0.1) is 0 Å². The maximum atomic E-state index is 12.9. The number of likely N-dealkylation sites (tertiary alicyclic amines) is 1. The first-order chi connectivity index (χ1) is 16.2. The fourth-order valence-corrected chi connectivity index (χ4v) is 5.04. The van der Waals surface area contributed by atoms with Gasteiger partial charge in [-0.25, -0.2) is 13.2 Å². The van der Waals surface area contributed by atoms with Crippen LogP contribution >= 0.6 is 11.6 Å². The molecule has 1 atom stereocenters. The third-order valence-corrected chi connectivity index (χ3v) is 7.07. The summed E-state index contributed by atoms with van der Waals surface area (Å²) in [7, 11) is -3.38. The van der Waals surface area contributed by atoms with E-state index in [-0.39, 0.29) is 16.8 Å². The Morgan fingerprint density at radius 1 is 0.912 bits per heavy atom. The highest BCUT2D eigenvalue weighted by molar-refractivity contribution is 7.90. The summed E-state index contributed by atoms with van der Waals surface area (Å²) >= 11 is 5.89. The van der Waals surface area contributed by atoms with Crippen molar-refractivity contribution in [2.45, 2.75) is 23.8 Å². The van der Waals surface area contributed by atoms with Crippen LogP contribution in [0.25, 0.3) is 11.1 Å². The molecule has 1 heterocycles. The Balaban J connectivity index is 1.44. The standard InChI is InChI=1S/C25H24ClN3O4S/c1-34(32,33)23-7-3-2-5-21(23)17-8-12-19(13-9-17)27-24(30)22-6-4-16-29(22)25(31)28-20-14-10-18(26)11-15-20/h2-3,5,7-15,22H,4,6,16H2,1H3,(H,27,30)(H,28,31). The number of carbonyl (C=O) groups is 2. The summed E-state index contributed by atoms with van der Waals surface area (Å²) in [5, 5.41) is 6.24. The molecule has 1 saturated heterocycles. The Hall–Kier alpha value is -3.36. The first kappa shape index (κ1) is 23.8. The minimum Gasteiger partial charge on any atom is -0.324 e. The van der Waals surface area contributed by atoms with Gasteiger partial charge in [0.05, 0.1) is 4.90 Å². The van der Waals surface area contributed by atoms with E-state index in [1.165, 1.54) is 11.2 Å². The molecule has 1 unspecified atom stereocenters. The lowest BCUT2D eigenvalue weighted by Gasteiger charge is -2.24. The predicted molar refractivity (Wildman–Crippen MR) is 134 cm³/mol. The molecule has 4 rings (SSSR count). The van der Waals surface area contributed by atoms with Gasteiger partial charge in [0.1, 0.15) is 6.04 Å². The number of halogens is 1. The van der Waals surface area contributed by atoms with Crippen molar-refractivity contribution in [3.05, 3.63) is 77.8 Å². The van der Waals surface area contributed by atoms with E-state index in [0.717, 1.165) is 12.0 Å². The molecule has 7 nitrogen and oxygen atoms in total. The van der Waals surface area contributed by atoms with E-state index in [9.17, 15) is 18.0 Å². The van der Waals surface area contributed by atoms with Crippen molar-refractivity contribution >= 4 is 44.8 Å². The van der Waals surface area contributed by atoms with Gasteiger partial charge >= 0.3 is 6.03 Å². The lowest BCUT2D eigenvalue weighted by Crippen LogP contribution is -2.45. The van der Waals surface area contributed by atoms with E-state index in [4.69, 9.17) is 11.6 Å². The molecule has 9 heteroatoms. The van der Waals surface area contributed by atoms with Crippen molar-refractivity contribution < 1.29 is 18.0 Å². The lowest BCUT2D eigenvalue weighted by atomic mass is 10.1. The molecule has 3 amide bonds. The topological polar surface area (TPSA) is 95.6 Å². The summed E-state index contributed by atoms with van der Waals surface area (Å²) < 4.78 is 24.2. The average molecular weight is 498 g/mol. The highest BCUT2D eigenvalue weighted by Crippen LogP contribution is 2.28. The molecule has 1 aliphatic heterocycles. The van der Waals surface area contributed by atoms with Crippen molar-refractivity contribution in [2.75, 3.05) is 23.4 Å². The molecule has 1 aliphatic rings. The van der Waals surface area contributed by atoms with Gasteiger partial charge in [0.25, 0.3) is 0 Å². The van der Waals surface area contributed by atoms with Crippen molar-refractivity contribution in [1.29, 1.82) is 0 Å². The Kier molecular flexibility index (Phi) is 6.90. The zero-order valence-electron chi connectivity index (χ0n) is 18.5. The quantitative estimate of drug-likeness (QED) is 0.516. The Morgan fingerprint density at radius 3 is 2.21 bits per heavy atom. The number of hydrogen-bond acceptors (Lipinski definition) is 4. The lowest BCUT2D eigenvalue weighted by molar-refractivity contribution is -0.119. The fraction of sp³-hybridized carbons (Fsp3) is 0.200. The van der Waals surface area contributed by atoms with Crippen LogP contribution in [0.4, 0.5) is 16.2 Å². The average Bonchev–Trinajstić information content (AvgIpc) is 3.31. The second-order valence-electron chi connectivity index (χ2n) is 8.12. The van der Waals surface area contributed by atoms with Gasteiger partial charge in [-0.3, -0.25) is 4.79 Å². The molecule has 0 radical (unpaired) electrons. The van der Waals surface area contributed by atoms with Crippen molar-refractivity contribution in [2.24, 2.45) is 0 Å². The number of benzene rings is 3. The Bertz CT molecular complexity index is 1310. The van der Waals surface area contributed by atoms with Crippen LogP contribution in [0.1, 0.15) is 12.8 Å². The summed E-state index contributed by atoms with van der Waals surface area (Å²) in [5.74, 6) is -0.270. The largest absolute Gasteiger partial charge is 0.324 e. The molecular weight excluding hydrogens is 474 g/mol. The molecule has 1 fully saturated rings. The van der Waals surface area contributed by atoms with Crippen LogP contribution in [0.5, 0.6) is 0 Å². The summed E-state index contributed by atoms with van der Waals surface area (Å²) in [6, 6.07) is 19.6. The molecule has 34 heavy (non-hydrogen) atoms. The molecule has 0 spiro atoms. The van der Waals surface area contributed by atoms with Crippen LogP contribution in [0.3, 0.4) is 0 Å². The van der Waals surface area contributed by atoms with Crippen LogP contribution in [0.15, 0.2) is 77.7 Å². The first-order valence-electron chi connectivity index (χ1n) is 10.8. The van der Waals surface area contributed by atoms with Crippen LogP contribution in [0.2, 0.25) is 5.02 Å². The number of urea groups is 1. The van der Waals surface area contributed by atoms with E-state index >= 15 is 0 Å². The summed E-state index contributed by atoms with van der Waals surface area (Å²) in [4.78, 5) is 27.5. The zero-order valence-corrected chi connectivity index (χ0v) is 20.1. The predicted octanol–water partition coefficient (Wildman–Crippen LogP) is 5.05. The Labute approximate surface area is 203 Å². The fourth-order valence-electron chi connectivity index (χ4n) is 4.00. The number of rotatable bonds is 5. The number of carbonyl (C=O) groups excluding carboxylic acids is 2. The van der Waals surface area contributed by atoms with Crippen molar-refractivity contribution in [1.82, 2.24) is 4.90 Å². The number of nitrogens with zero attached hydrogens (tertiary/aromatic N) is 1. The van der Waals surface area contributed by atoms with E-state index in [0.29, 0.717) is 34.9 Å². The van der Waals surface area contributed by atoms with Crippen molar-refractivity contribution in [3.8, 4) is 11.1 Å². The minimum absolute atomic E-state index is 0.250. The second-order valence-corrected chi connectivity index (χ2v) is 10.5. The van der Waals surface area contributed by atoms with Gasteiger partial charge in [0, 0.05) is 34.8 Å². The van der Waals surface area contributed by atoms with Crippen LogP contribution in [-0.4, -0.2) is 44.1 Å². The van der Waals surface area contributed by atoms with E-state index in [1.807, 2.05) is 0 Å². The SMILES string of the molecule is CS(=O)(=O)c1ccccc1-c1ccc(NC(=O)C2CCCN2C(=O)Nc2ccc(Cl)cc2)cc1. The molecule has 3 aromatic carbocycles. The molecule has 0 aromatic heterocycles. The minimum atomic E-state index is -3.38. The molecule has 0 bridgehead atoms. The van der Waals surface area contributed by atoms with E-state index < -0.39 is 15.9 Å². The normalized spacial score (nSPS) is 15.7. The van der Waals surface area contributed by atoms with Crippen LogP contribution in [-0.2, 0) is 14.6 Å². The molecule has 2 N–H and O–H groups in total. The monoisotopic (exact) mass is 497 g/mol.